The third-order valence-electron chi connectivity index (χ3n) is 8.51. The molecule has 1 heterocycles. The van der Waals surface area contributed by atoms with Crippen molar-refractivity contribution in [1.82, 2.24) is 10.5 Å². The summed E-state index contributed by atoms with van der Waals surface area (Å²) < 4.78 is 18.2. The second-order valence-electron chi connectivity index (χ2n) is 11.3. The standard InChI is InChI=1S/C19H29N.C13H14FNO.CH4/c1-5-18-7-6-12-19(18,4)14-20-16(3)13-17-10-8-15(2)9-11-17;14-10-6-7-11-12(8-10)16-15-13(11)9-4-2-1-3-5-9;/h8-11,18,20H,3,5-7,12-14H2,1-2,4H3;6-9H,1-5H2;1H4. The Kier molecular flexibility index (Phi) is 10.4. The Bertz CT molecular complexity index is 1130. The van der Waals surface area contributed by atoms with Crippen LogP contribution in [0.15, 0.2) is 59.3 Å². The third-order valence-corrected chi connectivity index (χ3v) is 8.51. The Balaban J connectivity index is 0.000000204. The number of aromatic nitrogens is 1. The maximum Gasteiger partial charge on any atom is 0.170 e. The monoisotopic (exact) mass is 506 g/mol. The molecule has 0 bridgehead atoms. The van der Waals surface area contributed by atoms with E-state index < -0.39 is 0 Å². The molecule has 202 valence electrons. The van der Waals surface area contributed by atoms with Crippen molar-refractivity contribution in [3.8, 4) is 0 Å². The maximum absolute atomic E-state index is 13.0. The summed E-state index contributed by atoms with van der Waals surface area (Å²) in [4.78, 5) is 0. The van der Waals surface area contributed by atoms with Gasteiger partial charge in [0.25, 0.3) is 0 Å². The third kappa shape index (κ3) is 7.46. The zero-order valence-corrected chi connectivity index (χ0v) is 22.4. The largest absolute Gasteiger partial charge is 0.388 e. The molecule has 5 rings (SSSR count). The van der Waals surface area contributed by atoms with Crippen molar-refractivity contribution in [2.75, 3.05) is 6.54 Å². The van der Waals surface area contributed by atoms with Gasteiger partial charge in [-0.2, -0.15) is 0 Å². The van der Waals surface area contributed by atoms with Gasteiger partial charge in [0.15, 0.2) is 5.58 Å². The number of nitrogens with one attached hydrogen (secondary N) is 1. The van der Waals surface area contributed by atoms with E-state index in [2.05, 4.69) is 62.1 Å². The molecule has 3 nitrogen and oxygen atoms in total. The van der Waals surface area contributed by atoms with Crippen LogP contribution in [-0.4, -0.2) is 11.7 Å². The summed E-state index contributed by atoms with van der Waals surface area (Å²) in [5, 5.41) is 8.70. The molecule has 2 saturated carbocycles. The first-order valence-electron chi connectivity index (χ1n) is 13.9. The highest BCUT2D eigenvalue weighted by Gasteiger charge is 2.37. The van der Waals surface area contributed by atoms with Crippen molar-refractivity contribution in [3.63, 3.8) is 0 Å². The van der Waals surface area contributed by atoms with Crippen LogP contribution in [0.2, 0.25) is 0 Å². The maximum atomic E-state index is 13.0. The van der Waals surface area contributed by atoms with Gasteiger partial charge in [-0.15, -0.1) is 0 Å². The summed E-state index contributed by atoms with van der Waals surface area (Å²) in [5.41, 5.74) is 5.87. The number of hydrogen-bond donors (Lipinski definition) is 1. The number of nitrogens with zero attached hydrogens (tertiary/aromatic N) is 1. The first-order chi connectivity index (χ1) is 17.4. The van der Waals surface area contributed by atoms with Crippen LogP contribution in [0.1, 0.15) is 102 Å². The van der Waals surface area contributed by atoms with Crippen LogP contribution in [0.3, 0.4) is 0 Å². The van der Waals surface area contributed by atoms with Crippen LogP contribution in [0, 0.1) is 24.1 Å². The second-order valence-corrected chi connectivity index (χ2v) is 11.3. The van der Waals surface area contributed by atoms with Gasteiger partial charge in [0.2, 0.25) is 0 Å². The Morgan fingerprint density at radius 1 is 1.08 bits per heavy atom. The Morgan fingerprint density at radius 3 is 2.51 bits per heavy atom. The van der Waals surface area contributed by atoms with Gasteiger partial charge in [-0.25, -0.2) is 4.39 Å². The summed E-state index contributed by atoms with van der Waals surface area (Å²) >= 11 is 0. The molecule has 3 aromatic rings. The average Bonchev–Trinajstić information content (AvgIpc) is 3.48. The van der Waals surface area contributed by atoms with Crippen LogP contribution in [-0.2, 0) is 6.42 Å². The van der Waals surface area contributed by atoms with E-state index in [0.29, 0.717) is 16.9 Å². The van der Waals surface area contributed by atoms with Gasteiger partial charge < -0.3 is 9.84 Å². The van der Waals surface area contributed by atoms with Crippen molar-refractivity contribution in [3.05, 3.63) is 77.4 Å². The summed E-state index contributed by atoms with van der Waals surface area (Å²) in [7, 11) is 0. The fourth-order valence-electron chi connectivity index (χ4n) is 6.18. The number of allylic oxidation sites excluding steroid dienone is 1. The predicted molar refractivity (Wildman–Crippen MR) is 154 cm³/mol. The predicted octanol–water partition coefficient (Wildman–Crippen LogP) is 9.51. The van der Waals surface area contributed by atoms with E-state index >= 15 is 0 Å². The molecule has 2 aromatic carbocycles. The van der Waals surface area contributed by atoms with Crippen molar-refractivity contribution >= 4 is 11.0 Å². The zero-order valence-electron chi connectivity index (χ0n) is 22.4. The minimum atomic E-state index is -0.265. The van der Waals surface area contributed by atoms with Gasteiger partial charge in [0.05, 0.1) is 5.69 Å². The lowest BCUT2D eigenvalue weighted by Gasteiger charge is -2.32. The fraction of sp³-hybridized carbons (Fsp3) is 0.545. The molecule has 2 atom stereocenters. The van der Waals surface area contributed by atoms with Gasteiger partial charge in [-0.1, -0.05) is 94.9 Å². The van der Waals surface area contributed by atoms with Crippen LogP contribution in [0.5, 0.6) is 0 Å². The highest BCUT2D eigenvalue weighted by Crippen LogP contribution is 2.44. The molecule has 0 aliphatic heterocycles. The van der Waals surface area contributed by atoms with Crippen molar-refractivity contribution in [1.29, 1.82) is 0 Å². The number of halogens is 1. The Labute approximate surface area is 223 Å². The summed E-state index contributed by atoms with van der Waals surface area (Å²) in [6.45, 7) is 12.2. The van der Waals surface area contributed by atoms with Crippen molar-refractivity contribution in [2.45, 2.75) is 98.3 Å². The smallest absolute Gasteiger partial charge is 0.170 e. The van der Waals surface area contributed by atoms with Gasteiger partial charge in [0.1, 0.15) is 5.82 Å². The Hall–Kier alpha value is -2.62. The normalized spacial score (nSPS) is 21.7. The van der Waals surface area contributed by atoms with Gasteiger partial charge in [-0.3, -0.25) is 0 Å². The SMILES string of the molecule is C.C=C(Cc1ccc(C)cc1)NCC1(C)CCCC1CC.Fc1ccc2c(C3CCCCC3)noc2c1. The molecule has 1 N–H and O–H groups in total. The molecule has 0 radical (unpaired) electrons. The number of fused-ring (bicyclic) bond motifs is 1. The molecule has 0 spiro atoms. The lowest BCUT2D eigenvalue weighted by Crippen LogP contribution is -2.34. The average molecular weight is 507 g/mol. The summed E-state index contributed by atoms with van der Waals surface area (Å²) in [6, 6.07) is 13.4. The molecule has 2 aliphatic rings. The molecule has 2 unspecified atom stereocenters. The van der Waals surface area contributed by atoms with Gasteiger partial charge in [0, 0.05) is 36.0 Å². The van der Waals surface area contributed by atoms with Crippen molar-refractivity contribution < 1.29 is 8.91 Å². The zero-order chi connectivity index (χ0) is 25.5. The van der Waals surface area contributed by atoms with Crippen molar-refractivity contribution in [2.24, 2.45) is 11.3 Å². The van der Waals surface area contributed by atoms with E-state index in [9.17, 15) is 4.39 Å². The van der Waals surface area contributed by atoms with E-state index in [1.165, 1.54) is 81.0 Å². The van der Waals surface area contributed by atoms with Gasteiger partial charge >= 0.3 is 0 Å². The fourth-order valence-corrected chi connectivity index (χ4v) is 6.18. The number of rotatable bonds is 7. The Morgan fingerprint density at radius 2 is 1.81 bits per heavy atom. The number of benzene rings is 2. The summed E-state index contributed by atoms with van der Waals surface area (Å²) in [5.74, 6) is 1.11. The van der Waals surface area contributed by atoms with E-state index in [4.69, 9.17) is 4.52 Å². The topological polar surface area (TPSA) is 38.1 Å². The lowest BCUT2D eigenvalue weighted by molar-refractivity contribution is 0.219. The molecule has 0 amide bonds. The molecule has 1 aromatic heterocycles. The van der Waals surface area contributed by atoms with Crippen LogP contribution >= 0.6 is 0 Å². The minimum Gasteiger partial charge on any atom is -0.388 e. The molecule has 37 heavy (non-hydrogen) atoms. The van der Waals surface area contributed by atoms with E-state index in [-0.39, 0.29) is 13.2 Å². The molecule has 4 heteroatoms. The molecular formula is C33H47FN2O. The van der Waals surface area contributed by atoms with Gasteiger partial charge in [-0.05, 0) is 61.6 Å². The highest BCUT2D eigenvalue weighted by molar-refractivity contribution is 5.79. The lowest BCUT2D eigenvalue weighted by atomic mass is 9.78. The minimum absolute atomic E-state index is 0. The first kappa shape index (κ1) is 28.9. The van der Waals surface area contributed by atoms with Crippen LogP contribution in [0.4, 0.5) is 4.39 Å². The number of hydrogen-bond acceptors (Lipinski definition) is 3. The van der Waals surface area contributed by atoms with E-state index in [0.717, 1.165) is 35.7 Å². The van der Waals surface area contributed by atoms with Crippen LogP contribution < -0.4 is 5.32 Å². The second kappa shape index (κ2) is 13.3. The van der Waals surface area contributed by atoms with E-state index in [1.807, 2.05) is 0 Å². The quantitative estimate of drug-likeness (QED) is 0.347. The van der Waals surface area contributed by atoms with E-state index in [1.54, 1.807) is 6.07 Å². The molecule has 0 saturated heterocycles. The number of aryl methyl sites for hydroxylation is 1. The highest BCUT2D eigenvalue weighted by atomic mass is 19.1. The van der Waals surface area contributed by atoms with Crippen LogP contribution in [0.25, 0.3) is 11.0 Å². The molecule has 2 fully saturated rings. The summed E-state index contributed by atoms with van der Waals surface area (Å²) in [6.07, 6.45) is 12.6. The molecular weight excluding hydrogens is 459 g/mol. The molecule has 2 aliphatic carbocycles. The first-order valence-corrected chi connectivity index (χ1v) is 13.9.